The van der Waals surface area contributed by atoms with E-state index in [-0.39, 0.29) is 0 Å². The van der Waals surface area contributed by atoms with Crippen molar-refractivity contribution < 1.29 is 4.79 Å². The van der Waals surface area contributed by atoms with E-state index in [1.807, 2.05) is 13.8 Å². The van der Waals surface area contributed by atoms with Crippen molar-refractivity contribution in [2.45, 2.75) is 39.3 Å². The molecule has 1 rings (SSSR count). The van der Waals surface area contributed by atoms with Gasteiger partial charge in [0.15, 0.2) is 0 Å². The molecule has 6 heteroatoms. The second-order valence-corrected chi connectivity index (χ2v) is 3.97. The van der Waals surface area contributed by atoms with Gasteiger partial charge in [-0.1, -0.05) is 18.5 Å². The first-order valence-electron chi connectivity index (χ1n) is 5.30. The Balaban J connectivity index is 3.01. The minimum absolute atomic E-state index is 0.328. The molecular weight excluding hydrogens is 228 g/mol. The maximum atomic E-state index is 10.9. The van der Waals surface area contributed by atoms with E-state index in [9.17, 15) is 4.79 Å². The highest BCUT2D eigenvalue weighted by Gasteiger charge is 2.19. The number of amides is 1. The summed E-state index contributed by atoms with van der Waals surface area (Å²) in [5, 5.41) is 4.93. The quantitative estimate of drug-likeness (QED) is 0.790. The average molecular weight is 245 g/mol. The summed E-state index contributed by atoms with van der Waals surface area (Å²) in [6.07, 6.45) is 1.08. The first kappa shape index (κ1) is 13.0. The van der Waals surface area contributed by atoms with E-state index >= 15 is 0 Å². The molecule has 0 aliphatic carbocycles. The van der Waals surface area contributed by atoms with Crippen LogP contribution in [0.2, 0.25) is 5.02 Å². The number of hydrogen-bond acceptors (Lipinski definition) is 3. The molecule has 1 amide bonds. The summed E-state index contributed by atoms with van der Waals surface area (Å²) in [4.78, 5) is 10.9. The molecule has 1 atom stereocenters. The van der Waals surface area contributed by atoms with Crippen molar-refractivity contribution in [1.82, 2.24) is 9.78 Å². The van der Waals surface area contributed by atoms with Crippen LogP contribution in [0.25, 0.3) is 0 Å². The Bertz CT molecular complexity index is 388. The molecule has 1 aromatic rings. The van der Waals surface area contributed by atoms with Crippen LogP contribution in [0.1, 0.15) is 25.2 Å². The molecule has 0 aliphatic heterocycles. The van der Waals surface area contributed by atoms with Gasteiger partial charge in [-0.2, -0.15) is 5.10 Å². The van der Waals surface area contributed by atoms with Gasteiger partial charge in [0.2, 0.25) is 5.91 Å². The molecule has 90 valence electrons. The van der Waals surface area contributed by atoms with Crippen LogP contribution in [0.5, 0.6) is 0 Å². The van der Waals surface area contributed by atoms with Crippen molar-refractivity contribution >= 4 is 17.5 Å². The fourth-order valence-corrected chi connectivity index (χ4v) is 1.87. The lowest BCUT2D eigenvalue weighted by molar-refractivity contribution is -0.119. The number of hydrogen-bond donors (Lipinski definition) is 2. The minimum Gasteiger partial charge on any atom is -0.368 e. The number of rotatable bonds is 5. The van der Waals surface area contributed by atoms with Crippen molar-refractivity contribution in [3.05, 3.63) is 16.4 Å². The summed E-state index contributed by atoms with van der Waals surface area (Å²) in [6.45, 7) is 4.63. The van der Waals surface area contributed by atoms with Crippen molar-refractivity contribution in [1.29, 1.82) is 0 Å². The van der Waals surface area contributed by atoms with Crippen molar-refractivity contribution in [2.24, 2.45) is 11.5 Å². The van der Waals surface area contributed by atoms with E-state index in [0.717, 1.165) is 17.8 Å². The molecule has 5 nitrogen and oxygen atoms in total. The Morgan fingerprint density at radius 3 is 2.62 bits per heavy atom. The number of aryl methyl sites for hydroxylation is 2. The molecule has 16 heavy (non-hydrogen) atoms. The fraction of sp³-hybridized carbons (Fsp3) is 0.600. The molecule has 4 N–H and O–H groups in total. The first-order valence-corrected chi connectivity index (χ1v) is 5.67. The van der Waals surface area contributed by atoms with Gasteiger partial charge in [-0.25, -0.2) is 0 Å². The van der Waals surface area contributed by atoms with Crippen LogP contribution in [0, 0.1) is 0 Å². The number of aromatic nitrogens is 2. The maximum absolute atomic E-state index is 10.9. The lowest BCUT2D eigenvalue weighted by atomic mass is 10.1. The third kappa shape index (κ3) is 2.54. The predicted molar refractivity (Wildman–Crippen MR) is 63.2 cm³/mol. The number of nitrogens with two attached hydrogens (primary N) is 2. The van der Waals surface area contributed by atoms with E-state index in [1.165, 1.54) is 0 Å². The van der Waals surface area contributed by atoms with Gasteiger partial charge in [0.1, 0.15) is 0 Å². The van der Waals surface area contributed by atoms with E-state index < -0.39 is 11.9 Å². The van der Waals surface area contributed by atoms with E-state index in [1.54, 1.807) is 4.68 Å². The van der Waals surface area contributed by atoms with Crippen LogP contribution in [0.4, 0.5) is 0 Å². The number of primary amides is 1. The zero-order chi connectivity index (χ0) is 12.3. The standard InChI is InChI=1S/C10H17ClN4O/c1-3-7-9(11)8(15(4-2)14-7)5-6(12)10(13)16/h6H,3-5,12H2,1-2H3,(H2,13,16). The van der Waals surface area contributed by atoms with E-state index in [2.05, 4.69) is 5.10 Å². The lowest BCUT2D eigenvalue weighted by Gasteiger charge is -2.09. The summed E-state index contributed by atoms with van der Waals surface area (Å²) in [6, 6.07) is -0.718. The van der Waals surface area contributed by atoms with Crippen LogP contribution in [0.3, 0.4) is 0 Å². The molecule has 1 heterocycles. The smallest absolute Gasteiger partial charge is 0.234 e. The van der Waals surface area contributed by atoms with E-state index in [4.69, 9.17) is 23.1 Å². The van der Waals surface area contributed by atoms with Gasteiger partial charge in [0.05, 0.1) is 22.5 Å². The van der Waals surface area contributed by atoms with Gasteiger partial charge in [-0.15, -0.1) is 0 Å². The highest BCUT2D eigenvalue weighted by molar-refractivity contribution is 6.31. The molecule has 0 bridgehead atoms. The Morgan fingerprint density at radius 1 is 1.56 bits per heavy atom. The SMILES string of the molecule is CCc1nn(CC)c(CC(N)C(N)=O)c1Cl. The molecule has 0 saturated carbocycles. The minimum atomic E-state index is -0.718. The fourth-order valence-electron chi connectivity index (χ4n) is 1.52. The van der Waals surface area contributed by atoms with Crippen LogP contribution in [0.15, 0.2) is 0 Å². The third-order valence-corrected chi connectivity index (χ3v) is 2.91. The van der Waals surface area contributed by atoms with Gasteiger partial charge in [-0.3, -0.25) is 9.48 Å². The molecule has 1 unspecified atom stereocenters. The van der Waals surface area contributed by atoms with Crippen LogP contribution < -0.4 is 11.5 Å². The zero-order valence-corrected chi connectivity index (χ0v) is 10.3. The van der Waals surface area contributed by atoms with Gasteiger partial charge in [0, 0.05) is 13.0 Å². The molecule has 1 aromatic heterocycles. The molecule has 0 saturated heterocycles. The van der Waals surface area contributed by atoms with Crippen molar-refractivity contribution in [2.75, 3.05) is 0 Å². The number of carbonyl (C=O) groups excluding carboxylic acids is 1. The summed E-state index contributed by atoms with van der Waals surface area (Å²) >= 11 is 6.17. The summed E-state index contributed by atoms with van der Waals surface area (Å²) in [5.41, 5.74) is 12.4. The Kier molecular flexibility index (Phi) is 4.32. The molecule has 0 aliphatic rings. The Morgan fingerprint density at radius 2 is 2.19 bits per heavy atom. The van der Waals surface area contributed by atoms with Gasteiger partial charge < -0.3 is 11.5 Å². The second kappa shape index (κ2) is 5.32. The second-order valence-electron chi connectivity index (χ2n) is 3.59. The Labute approximate surface area is 99.7 Å². The summed E-state index contributed by atoms with van der Waals surface area (Å²) in [7, 11) is 0. The van der Waals surface area contributed by atoms with Gasteiger partial charge in [0.25, 0.3) is 0 Å². The topological polar surface area (TPSA) is 86.9 Å². The monoisotopic (exact) mass is 244 g/mol. The summed E-state index contributed by atoms with van der Waals surface area (Å²) < 4.78 is 1.77. The number of halogens is 1. The van der Waals surface area contributed by atoms with Crippen LogP contribution in [-0.2, 0) is 24.2 Å². The zero-order valence-electron chi connectivity index (χ0n) is 9.53. The predicted octanol–water partition coefficient (Wildman–Crippen LogP) is 0.474. The van der Waals surface area contributed by atoms with Crippen molar-refractivity contribution in [3.63, 3.8) is 0 Å². The van der Waals surface area contributed by atoms with Gasteiger partial charge in [-0.05, 0) is 13.3 Å². The normalized spacial score (nSPS) is 12.8. The molecule has 0 spiro atoms. The lowest BCUT2D eigenvalue weighted by Crippen LogP contribution is -2.38. The third-order valence-electron chi connectivity index (χ3n) is 2.47. The average Bonchev–Trinajstić information content (AvgIpc) is 2.55. The highest BCUT2D eigenvalue weighted by atomic mass is 35.5. The maximum Gasteiger partial charge on any atom is 0.234 e. The molecule has 0 aromatic carbocycles. The highest BCUT2D eigenvalue weighted by Crippen LogP contribution is 2.22. The van der Waals surface area contributed by atoms with Crippen LogP contribution in [-0.4, -0.2) is 21.7 Å². The van der Waals surface area contributed by atoms with E-state index in [0.29, 0.717) is 18.0 Å². The summed E-state index contributed by atoms with van der Waals surface area (Å²) in [5.74, 6) is -0.530. The number of carbonyl (C=O) groups is 1. The van der Waals surface area contributed by atoms with Crippen LogP contribution >= 0.6 is 11.6 Å². The Hall–Kier alpha value is -1.07. The van der Waals surface area contributed by atoms with Crippen molar-refractivity contribution in [3.8, 4) is 0 Å². The number of nitrogens with zero attached hydrogens (tertiary/aromatic N) is 2. The first-order chi connectivity index (χ1) is 7.51. The van der Waals surface area contributed by atoms with Gasteiger partial charge >= 0.3 is 0 Å². The molecule has 0 fully saturated rings. The largest absolute Gasteiger partial charge is 0.368 e. The molecule has 0 radical (unpaired) electrons. The molecular formula is C10H17ClN4O.